The van der Waals surface area contributed by atoms with E-state index in [9.17, 15) is 9.59 Å². The van der Waals surface area contributed by atoms with Gasteiger partial charge in [-0.2, -0.15) is 0 Å². The Balaban J connectivity index is 1.75. The standard InChI is InChI=1S/C24H26N4O2/c1-15-10-12-28(13-11-15)24(30)21-14-25-23-20(9-4-16(2)26-23)22(21)27-19-7-5-18(6-8-19)17(3)29/h4-9,14-15H,10-13H2,1-3H3,(H,25,26,27). The largest absolute Gasteiger partial charge is 0.354 e. The summed E-state index contributed by atoms with van der Waals surface area (Å²) in [5.74, 6) is 0.652. The van der Waals surface area contributed by atoms with Crippen LogP contribution in [0.3, 0.4) is 0 Å². The molecule has 1 aromatic carbocycles. The number of aromatic nitrogens is 2. The predicted molar refractivity (Wildman–Crippen MR) is 118 cm³/mol. The van der Waals surface area contributed by atoms with E-state index in [4.69, 9.17) is 0 Å². The first kappa shape index (κ1) is 20.0. The topological polar surface area (TPSA) is 75.2 Å². The van der Waals surface area contributed by atoms with Crippen LogP contribution in [0.5, 0.6) is 0 Å². The van der Waals surface area contributed by atoms with E-state index in [0.29, 0.717) is 28.4 Å². The van der Waals surface area contributed by atoms with Crippen LogP contribution in [-0.4, -0.2) is 39.6 Å². The molecule has 1 amide bonds. The zero-order valence-corrected chi connectivity index (χ0v) is 17.6. The molecule has 1 aliphatic heterocycles. The van der Waals surface area contributed by atoms with Crippen molar-refractivity contribution in [3.8, 4) is 0 Å². The average Bonchev–Trinajstić information content (AvgIpc) is 2.74. The number of carbonyl (C=O) groups excluding carboxylic acids is 2. The first-order valence-electron chi connectivity index (χ1n) is 10.4. The molecule has 1 aliphatic rings. The molecular weight excluding hydrogens is 376 g/mol. The molecule has 154 valence electrons. The molecule has 4 rings (SSSR count). The highest BCUT2D eigenvalue weighted by molar-refractivity contribution is 6.07. The molecule has 0 radical (unpaired) electrons. The van der Waals surface area contributed by atoms with Crippen molar-refractivity contribution in [3.63, 3.8) is 0 Å². The van der Waals surface area contributed by atoms with Crippen LogP contribution in [0.1, 0.15) is 53.1 Å². The van der Waals surface area contributed by atoms with Gasteiger partial charge in [-0.15, -0.1) is 0 Å². The molecular formula is C24H26N4O2. The highest BCUT2D eigenvalue weighted by Crippen LogP contribution is 2.30. The molecule has 0 aliphatic carbocycles. The van der Waals surface area contributed by atoms with Crippen molar-refractivity contribution in [1.29, 1.82) is 0 Å². The number of ketones is 1. The van der Waals surface area contributed by atoms with Gasteiger partial charge in [0.1, 0.15) is 0 Å². The van der Waals surface area contributed by atoms with E-state index >= 15 is 0 Å². The minimum absolute atomic E-state index is 0.0141. The fourth-order valence-corrected chi connectivity index (χ4v) is 3.78. The number of piperidine rings is 1. The third-order valence-corrected chi connectivity index (χ3v) is 5.73. The first-order chi connectivity index (χ1) is 14.4. The average molecular weight is 402 g/mol. The van der Waals surface area contributed by atoms with E-state index in [-0.39, 0.29) is 11.7 Å². The number of likely N-dealkylation sites (tertiary alicyclic amines) is 1. The number of pyridine rings is 2. The number of nitrogens with zero attached hydrogens (tertiary/aromatic N) is 3. The summed E-state index contributed by atoms with van der Waals surface area (Å²) < 4.78 is 0. The summed E-state index contributed by atoms with van der Waals surface area (Å²) in [6.45, 7) is 7.21. The lowest BCUT2D eigenvalue weighted by atomic mass is 9.98. The van der Waals surface area contributed by atoms with Crippen LogP contribution in [0.25, 0.3) is 11.0 Å². The molecule has 3 aromatic rings. The van der Waals surface area contributed by atoms with Crippen molar-refractivity contribution < 1.29 is 9.59 Å². The number of hydrogen-bond acceptors (Lipinski definition) is 5. The molecule has 1 saturated heterocycles. The minimum atomic E-state index is -0.0141. The van der Waals surface area contributed by atoms with Gasteiger partial charge in [-0.3, -0.25) is 9.59 Å². The monoisotopic (exact) mass is 402 g/mol. The number of amides is 1. The fourth-order valence-electron chi connectivity index (χ4n) is 3.78. The lowest BCUT2D eigenvalue weighted by Gasteiger charge is -2.31. The second-order valence-electron chi connectivity index (χ2n) is 8.10. The second-order valence-corrected chi connectivity index (χ2v) is 8.10. The van der Waals surface area contributed by atoms with E-state index in [1.54, 1.807) is 25.3 Å². The van der Waals surface area contributed by atoms with Gasteiger partial charge in [-0.25, -0.2) is 9.97 Å². The van der Waals surface area contributed by atoms with E-state index in [2.05, 4.69) is 22.2 Å². The van der Waals surface area contributed by atoms with Crippen molar-refractivity contribution >= 4 is 34.1 Å². The number of benzene rings is 1. The van der Waals surface area contributed by atoms with Crippen LogP contribution in [0.4, 0.5) is 11.4 Å². The molecule has 30 heavy (non-hydrogen) atoms. The summed E-state index contributed by atoms with van der Waals surface area (Å²) in [5, 5.41) is 4.19. The van der Waals surface area contributed by atoms with Crippen LogP contribution in [0, 0.1) is 12.8 Å². The zero-order valence-electron chi connectivity index (χ0n) is 17.6. The number of carbonyl (C=O) groups is 2. The summed E-state index contributed by atoms with van der Waals surface area (Å²) in [7, 11) is 0. The van der Waals surface area contributed by atoms with Crippen molar-refractivity contribution in [2.75, 3.05) is 18.4 Å². The van der Waals surface area contributed by atoms with E-state index in [1.165, 1.54) is 0 Å². The maximum atomic E-state index is 13.4. The summed E-state index contributed by atoms with van der Waals surface area (Å²) in [6, 6.07) is 11.1. The molecule has 6 nitrogen and oxygen atoms in total. The Hall–Kier alpha value is -3.28. The number of hydrogen-bond donors (Lipinski definition) is 1. The summed E-state index contributed by atoms with van der Waals surface area (Å²) in [6.07, 6.45) is 3.66. The Bertz CT molecular complexity index is 1100. The quantitative estimate of drug-likeness (QED) is 0.637. The second kappa shape index (κ2) is 8.22. The number of aryl methyl sites for hydroxylation is 1. The van der Waals surface area contributed by atoms with Gasteiger partial charge in [-0.1, -0.05) is 6.92 Å². The Labute approximate surface area is 176 Å². The summed E-state index contributed by atoms with van der Waals surface area (Å²) >= 11 is 0. The molecule has 3 heterocycles. The SMILES string of the molecule is CC(=O)c1ccc(Nc2c(C(=O)N3CCC(C)CC3)cnc3nc(C)ccc23)cc1. The predicted octanol–water partition coefficient (Wildman–Crippen LogP) is 4.76. The van der Waals surface area contributed by atoms with Crippen LogP contribution in [0.2, 0.25) is 0 Å². The molecule has 0 saturated carbocycles. The first-order valence-corrected chi connectivity index (χ1v) is 10.4. The van der Waals surface area contributed by atoms with Crippen LogP contribution in [0.15, 0.2) is 42.6 Å². The third kappa shape index (κ3) is 4.03. The number of Topliss-reactive ketones (excluding diaryl/α,β-unsaturated/α-hetero) is 1. The normalized spacial score (nSPS) is 14.7. The summed E-state index contributed by atoms with van der Waals surface area (Å²) in [5.41, 5.74) is 4.16. The van der Waals surface area contributed by atoms with Gasteiger partial charge in [0.05, 0.1) is 11.3 Å². The molecule has 0 unspecified atom stereocenters. The van der Waals surface area contributed by atoms with Crippen LogP contribution >= 0.6 is 0 Å². The van der Waals surface area contributed by atoms with Crippen LogP contribution in [-0.2, 0) is 0 Å². The van der Waals surface area contributed by atoms with Crippen molar-refractivity contribution in [2.24, 2.45) is 5.92 Å². The molecule has 6 heteroatoms. The number of anilines is 2. The van der Waals surface area contributed by atoms with E-state index in [1.807, 2.05) is 36.1 Å². The summed E-state index contributed by atoms with van der Waals surface area (Å²) in [4.78, 5) is 35.8. The van der Waals surface area contributed by atoms with Gasteiger partial charge in [0.25, 0.3) is 5.91 Å². The van der Waals surface area contributed by atoms with Gasteiger partial charge < -0.3 is 10.2 Å². The van der Waals surface area contributed by atoms with Gasteiger partial charge in [0.15, 0.2) is 11.4 Å². The molecule has 2 aromatic heterocycles. The number of fused-ring (bicyclic) bond motifs is 1. The molecule has 0 bridgehead atoms. The zero-order chi connectivity index (χ0) is 21.3. The highest BCUT2D eigenvalue weighted by Gasteiger charge is 2.25. The Kier molecular flexibility index (Phi) is 5.48. The van der Waals surface area contributed by atoms with Crippen molar-refractivity contribution in [3.05, 3.63) is 59.4 Å². The van der Waals surface area contributed by atoms with E-state index in [0.717, 1.165) is 42.7 Å². The molecule has 0 spiro atoms. The molecule has 1 N–H and O–H groups in total. The van der Waals surface area contributed by atoms with E-state index < -0.39 is 0 Å². The lowest BCUT2D eigenvalue weighted by Crippen LogP contribution is -2.38. The highest BCUT2D eigenvalue weighted by atomic mass is 16.2. The molecule has 1 fully saturated rings. The maximum absolute atomic E-state index is 13.4. The van der Waals surface area contributed by atoms with Gasteiger partial charge >= 0.3 is 0 Å². The van der Waals surface area contributed by atoms with Gasteiger partial charge in [-0.05, 0) is 69.0 Å². The molecule has 0 atom stereocenters. The minimum Gasteiger partial charge on any atom is -0.354 e. The van der Waals surface area contributed by atoms with Crippen molar-refractivity contribution in [1.82, 2.24) is 14.9 Å². The Morgan fingerprint density at radius 3 is 2.43 bits per heavy atom. The van der Waals surface area contributed by atoms with Crippen LogP contribution < -0.4 is 5.32 Å². The number of rotatable bonds is 4. The number of nitrogens with one attached hydrogen (secondary N) is 1. The Morgan fingerprint density at radius 2 is 1.77 bits per heavy atom. The third-order valence-electron chi connectivity index (χ3n) is 5.73. The van der Waals surface area contributed by atoms with Gasteiger partial charge in [0.2, 0.25) is 0 Å². The maximum Gasteiger partial charge on any atom is 0.257 e. The van der Waals surface area contributed by atoms with Crippen molar-refractivity contribution in [2.45, 2.75) is 33.6 Å². The van der Waals surface area contributed by atoms with Gasteiger partial charge in [0, 0.05) is 41.6 Å². The smallest absolute Gasteiger partial charge is 0.257 e. The lowest BCUT2D eigenvalue weighted by molar-refractivity contribution is 0.0698. The Morgan fingerprint density at radius 1 is 1.07 bits per heavy atom. The fraction of sp³-hybridized carbons (Fsp3) is 0.333.